The molecule has 1 aliphatic rings. The Balaban J connectivity index is 0.00000192. The van der Waals surface area contributed by atoms with Gasteiger partial charge in [-0.25, -0.2) is 9.78 Å². The number of halogens is 1. The van der Waals surface area contributed by atoms with E-state index >= 15 is 0 Å². The van der Waals surface area contributed by atoms with Crippen molar-refractivity contribution in [1.29, 1.82) is 0 Å². The number of hydrogen-bond acceptors (Lipinski definition) is 6. The summed E-state index contributed by atoms with van der Waals surface area (Å²) < 4.78 is 10.4. The van der Waals surface area contributed by atoms with Crippen molar-refractivity contribution >= 4 is 12.4 Å². The molecule has 3 rings (SSSR count). The summed E-state index contributed by atoms with van der Waals surface area (Å²) in [4.78, 5) is 20.1. The fourth-order valence-electron chi connectivity index (χ4n) is 2.69. The SMILES string of the molecule is CCCN1CCC(Oc2ccc(-c3noc(=O)[nH]3)nc2)CC1.Cl. The molecule has 0 aromatic carbocycles. The van der Waals surface area contributed by atoms with E-state index in [1.807, 2.05) is 6.07 Å². The number of nitrogens with one attached hydrogen (secondary N) is 1. The Morgan fingerprint density at radius 3 is 2.74 bits per heavy atom. The first-order valence-electron chi connectivity index (χ1n) is 7.66. The van der Waals surface area contributed by atoms with Gasteiger partial charge in [-0.2, -0.15) is 0 Å². The smallest absolute Gasteiger partial charge is 0.439 e. The Bertz CT molecular complexity index is 647. The van der Waals surface area contributed by atoms with E-state index in [0.717, 1.165) is 31.7 Å². The van der Waals surface area contributed by atoms with Crippen LogP contribution in [0.4, 0.5) is 0 Å². The number of rotatable bonds is 5. The molecule has 0 saturated carbocycles. The van der Waals surface area contributed by atoms with Crippen LogP contribution in [0, 0.1) is 0 Å². The molecular formula is C15H21ClN4O3. The Hall–Kier alpha value is -1.86. The maximum Gasteiger partial charge on any atom is 0.439 e. The molecule has 1 aliphatic heterocycles. The highest BCUT2D eigenvalue weighted by molar-refractivity contribution is 5.85. The van der Waals surface area contributed by atoms with E-state index in [1.54, 1.807) is 12.3 Å². The van der Waals surface area contributed by atoms with Gasteiger partial charge in [-0.1, -0.05) is 12.1 Å². The van der Waals surface area contributed by atoms with Crippen molar-refractivity contribution in [3.05, 3.63) is 28.9 Å². The van der Waals surface area contributed by atoms with E-state index < -0.39 is 5.76 Å². The fraction of sp³-hybridized carbons (Fsp3) is 0.533. The number of nitrogens with zero attached hydrogens (tertiary/aromatic N) is 3. The zero-order valence-corrected chi connectivity index (χ0v) is 13.8. The largest absolute Gasteiger partial charge is 0.489 e. The average molecular weight is 341 g/mol. The summed E-state index contributed by atoms with van der Waals surface area (Å²) in [6, 6.07) is 3.60. The number of aromatic nitrogens is 3. The molecule has 8 heteroatoms. The van der Waals surface area contributed by atoms with E-state index in [9.17, 15) is 4.79 Å². The number of H-pyrrole nitrogens is 1. The van der Waals surface area contributed by atoms with E-state index in [2.05, 4.69) is 31.5 Å². The van der Waals surface area contributed by atoms with Crippen LogP contribution in [-0.4, -0.2) is 45.8 Å². The molecule has 0 atom stereocenters. The monoisotopic (exact) mass is 340 g/mol. The molecule has 0 unspecified atom stereocenters. The number of aromatic amines is 1. The number of pyridine rings is 1. The van der Waals surface area contributed by atoms with Gasteiger partial charge in [0, 0.05) is 13.1 Å². The lowest BCUT2D eigenvalue weighted by molar-refractivity contribution is 0.100. The van der Waals surface area contributed by atoms with Gasteiger partial charge in [-0.05, 0) is 37.9 Å². The molecule has 7 nitrogen and oxygen atoms in total. The van der Waals surface area contributed by atoms with Gasteiger partial charge in [0.1, 0.15) is 17.5 Å². The normalized spacial score (nSPS) is 16.0. The second-order valence-corrected chi connectivity index (χ2v) is 5.48. The fourth-order valence-corrected chi connectivity index (χ4v) is 2.69. The molecular weight excluding hydrogens is 320 g/mol. The lowest BCUT2D eigenvalue weighted by Crippen LogP contribution is -2.38. The van der Waals surface area contributed by atoms with Crippen LogP contribution >= 0.6 is 12.4 Å². The molecule has 2 aromatic rings. The minimum Gasteiger partial charge on any atom is -0.489 e. The highest BCUT2D eigenvalue weighted by atomic mass is 35.5. The summed E-state index contributed by atoms with van der Waals surface area (Å²) in [6.45, 7) is 5.55. The third-order valence-electron chi connectivity index (χ3n) is 3.80. The summed E-state index contributed by atoms with van der Waals surface area (Å²) in [6.07, 6.45) is 5.17. The van der Waals surface area contributed by atoms with E-state index in [0.29, 0.717) is 11.5 Å². The van der Waals surface area contributed by atoms with Gasteiger partial charge in [0.2, 0.25) is 5.82 Å². The first kappa shape index (κ1) is 17.5. The first-order valence-corrected chi connectivity index (χ1v) is 7.66. The van der Waals surface area contributed by atoms with Gasteiger partial charge in [0.05, 0.1) is 6.20 Å². The number of piperidine rings is 1. The third-order valence-corrected chi connectivity index (χ3v) is 3.80. The Kier molecular flexibility index (Phi) is 6.18. The predicted molar refractivity (Wildman–Crippen MR) is 88.0 cm³/mol. The summed E-state index contributed by atoms with van der Waals surface area (Å²) in [5.74, 6) is 0.476. The van der Waals surface area contributed by atoms with Crippen molar-refractivity contribution in [3.8, 4) is 17.3 Å². The van der Waals surface area contributed by atoms with Crippen LogP contribution in [0.1, 0.15) is 26.2 Å². The zero-order chi connectivity index (χ0) is 15.4. The lowest BCUT2D eigenvalue weighted by Gasteiger charge is -2.31. The summed E-state index contributed by atoms with van der Waals surface area (Å²) in [5.41, 5.74) is 0.552. The maximum absolute atomic E-state index is 10.9. The summed E-state index contributed by atoms with van der Waals surface area (Å²) in [7, 11) is 0. The van der Waals surface area contributed by atoms with Crippen LogP contribution in [0.3, 0.4) is 0 Å². The van der Waals surface area contributed by atoms with Gasteiger partial charge in [-0.3, -0.25) is 9.51 Å². The van der Waals surface area contributed by atoms with Crippen LogP contribution in [-0.2, 0) is 0 Å². The second kappa shape index (κ2) is 8.12. The Labute approximate surface area is 140 Å². The highest BCUT2D eigenvalue weighted by Gasteiger charge is 2.20. The first-order chi connectivity index (χ1) is 10.7. The van der Waals surface area contributed by atoms with Crippen molar-refractivity contribution < 1.29 is 9.26 Å². The van der Waals surface area contributed by atoms with Crippen LogP contribution in [0.2, 0.25) is 0 Å². The number of likely N-dealkylation sites (tertiary alicyclic amines) is 1. The molecule has 0 spiro atoms. The van der Waals surface area contributed by atoms with Crippen LogP contribution in [0.25, 0.3) is 11.5 Å². The Morgan fingerprint density at radius 2 is 2.17 bits per heavy atom. The molecule has 1 fully saturated rings. The van der Waals surface area contributed by atoms with Crippen molar-refractivity contribution in [2.24, 2.45) is 0 Å². The standard InChI is InChI=1S/C15H20N4O3.ClH/c1-2-7-19-8-5-11(6-9-19)21-12-3-4-13(16-10-12)14-17-15(20)22-18-14;/h3-4,10-11H,2,5-9H2,1H3,(H,17,18,20);1H. The topological polar surface area (TPSA) is 84.2 Å². The molecule has 1 N–H and O–H groups in total. The van der Waals surface area contributed by atoms with Crippen molar-refractivity contribution in [3.63, 3.8) is 0 Å². The van der Waals surface area contributed by atoms with Gasteiger partial charge in [-0.15, -0.1) is 12.4 Å². The van der Waals surface area contributed by atoms with Crippen LogP contribution < -0.4 is 10.5 Å². The molecule has 126 valence electrons. The molecule has 0 radical (unpaired) electrons. The maximum atomic E-state index is 10.9. The van der Waals surface area contributed by atoms with Gasteiger partial charge in [0.15, 0.2) is 0 Å². The summed E-state index contributed by atoms with van der Waals surface area (Å²) in [5, 5.41) is 3.61. The minimum atomic E-state index is -0.587. The van der Waals surface area contributed by atoms with E-state index in [4.69, 9.17) is 4.74 Å². The van der Waals surface area contributed by atoms with E-state index in [1.165, 1.54) is 13.0 Å². The second-order valence-electron chi connectivity index (χ2n) is 5.48. The third kappa shape index (κ3) is 4.56. The molecule has 23 heavy (non-hydrogen) atoms. The molecule has 2 aromatic heterocycles. The minimum absolute atomic E-state index is 0. The molecule has 0 bridgehead atoms. The average Bonchev–Trinajstić information content (AvgIpc) is 2.97. The number of ether oxygens (including phenoxy) is 1. The van der Waals surface area contributed by atoms with Crippen LogP contribution in [0.15, 0.2) is 27.6 Å². The van der Waals surface area contributed by atoms with Crippen LogP contribution in [0.5, 0.6) is 5.75 Å². The Morgan fingerprint density at radius 1 is 1.39 bits per heavy atom. The number of hydrogen-bond donors (Lipinski definition) is 1. The lowest BCUT2D eigenvalue weighted by atomic mass is 10.1. The predicted octanol–water partition coefficient (Wildman–Crippen LogP) is 2.10. The van der Waals surface area contributed by atoms with Crippen molar-refractivity contribution in [2.75, 3.05) is 19.6 Å². The van der Waals surface area contributed by atoms with Gasteiger partial charge in [0.25, 0.3) is 0 Å². The molecule has 1 saturated heterocycles. The summed E-state index contributed by atoms with van der Waals surface area (Å²) >= 11 is 0. The van der Waals surface area contributed by atoms with Crippen molar-refractivity contribution in [2.45, 2.75) is 32.3 Å². The highest BCUT2D eigenvalue weighted by Crippen LogP contribution is 2.20. The van der Waals surface area contributed by atoms with Gasteiger partial charge >= 0.3 is 5.76 Å². The van der Waals surface area contributed by atoms with E-state index in [-0.39, 0.29) is 18.5 Å². The molecule has 0 aliphatic carbocycles. The quantitative estimate of drug-likeness (QED) is 0.897. The van der Waals surface area contributed by atoms with Gasteiger partial charge < -0.3 is 9.64 Å². The molecule has 3 heterocycles. The van der Waals surface area contributed by atoms with Crippen molar-refractivity contribution in [1.82, 2.24) is 20.0 Å². The zero-order valence-electron chi connectivity index (χ0n) is 13.0. The molecule has 0 amide bonds.